The van der Waals surface area contributed by atoms with Gasteiger partial charge in [-0.25, -0.2) is 0 Å². The molecule has 1 aliphatic carbocycles. The zero-order valence-electron chi connectivity index (χ0n) is 20.9. The highest BCUT2D eigenvalue weighted by Crippen LogP contribution is 2.54. The van der Waals surface area contributed by atoms with E-state index >= 15 is 0 Å². The second-order valence-electron chi connectivity index (χ2n) is 10.2. The second-order valence-corrected chi connectivity index (χ2v) is 10.2. The number of carbonyl (C=O) groups excluding carboxylic acids is 1. The van der Waals surface area contributed by atoms with E-state index < -0.39 is 0 Å². The Labute approximate surface area is 202 Å². The van der Waals surface area contributed by atoms with Crippen molar-refractivity contribution >= 4 is 5.78 Å². The average Bonchev–Trinajstić information content (AvgIpc) is 3.24. The summed E-state index contributed by atoms with van der Waals surface area (Å²) in [5.41, 5.74) is 2.98. The summed E-state index contributed by atoms with van der Waals surface area (Å²) in [6, 6.07) is 9.41. The summed E-state index contributed by atoms with van der Waals surface area (Å²) in [6.45, 7) is 6.94. The van der Waals surface area contributed by atoms with E-state index in [1.165, 1.54) is 0 Å². The lowest BCUT2D eigenvalue weighted by Gasteiger charge is -2.41. The van der Waals surface area contributed by atoms with Crippen molar-refractivity contribution in [3.05, 3.63) is 52.6 Å². The van der Waals surface area contributed by atoms with Crippen LogP contribution in [-0.4, -0.2) is 68.6 Å². The number of nitrogens with zero attached hydrogens (tertiary/aromatic N) is 2. The summed E-state index contributed by atoms with van der Waals surface area (Å²) < 4.78 is 18.8. The van der Waals surface area contributed by atoms with E-state index in [0.29, 0.717) is 35.1 Å². The van der Waals surface area contributed by atoms with Crippen LogP contribution in [0.15, 0.2) is 30.3 Å². The highest BCUT2D eigenvalue weighted by molar-refractivity contribution is 6.13. The first kappa shape index (κ1) is 23.2. The van der Waals surface area contributed by atoms with Gasteiger partial charge < -0.3 is 19.1 Å². The Kier molecular flexibility index (Phi) is 6.30. The molecule has 1 saturated carbocycles. The minimum atomic E-state index is -0.176. The van der Waals surface area contributed by atoms with E-state index in [9.17, 15) is 4.79 Å². The molecule has 0 radical (unpaired) electrons. The van der Waals surface area contributed by atoms with E-state index in [0.717, 1.165) is 68.7 Å². The van der Waals surface area contributed by atoms with Crippen LogP contribution >= 0.6 is 0 Å². The zero-order chi connectivity index (χ0) is 23.9. The number of carbonyl (C=O) groups is 1. The van der Waals surface area contributed by atoms with E-state index in [4.69, 9.17) is 14.2 Å². The molecule has 2 fully saturated rings. The number of rotatable bonds is 6. The van der Waals surface area contributed by atoms with Crippen LogP contribution in [0.25, 0.3) is 0 Å². The van der Waals surface area contributed by atoms with Crippen LogP contribution in [0, 0.1) is 5.92 Å². The van der Waals surface area contributed by atoms with Gasteiger partial charge in [0, 0.05) is 49.8 Å². The highest BCUT2D eigenvalue weighted by Gasteiger charge is 2.47. The molecular weight excluding hydrogens is 428 g/mol. The van der Waals surface area contributed by atoms with E-state index in [-0.39, 0.29) is 11.4 Å². The third kappa shape index (κ3) is 3.97. The molecule has 0 spiro atoms. The number of piperazine rings is 1. The van der Waals surface area contributed by atoms with Crippen LogP contribution in [0.5, 0.6) is 17.2 Å². The fourth-order valence-corrected chi connectivity index (χ4v) is 6.01. The summed E-state index contributed by atoms with van der Waals surface area (Å²) >= 11 is 0. The minimum absolute atomic E-state index is 0.0727. The Balaban J connectivity index is 1.68. The largest absolute Gasteiger partial charge is 0.495 e. The Morgan fingerprint density at radius 2 is 1.79 bits per heavy atom. The van der Waals surface area contributed by atoms with Gasteiger partial charge in [-0.2, -0.15) is 0 Å². The molecule has 2 atom stereocenters. The minimum Gasteiger partial charge on any atom is -0.495 e. The maximum Gasteiger partial charge on any atom is 0.200 e. The van der Waals surface area contributed by atoms with Gasteiger partial charge in [0.2, 0.25) is 5.78 Å². The predicted octanol–water partition coefficient (Wildman–Crippen LogP) is 4.18. The number of likely N-dealkylation sites (N-methyl/N-ethyl adjacent to an activating group) is 1. The first-order valence-corrected chi connectivity index (χ1v) is 12.4. The maximum atomic E-state index is 13.8. The lowest BCUT2D eigenvalue weighted by Crippen LogP contribution is -2.45. The lowest BCUT2D eigenvalue weighted by molar-refractivity contribution is 0.0287. The third-order valence-electron chi connectivity index (χ3n) is 8.07. The molecule has 0 amide bonds. The molecule has 182 valence electrons. The number of ketones is 1. The van der Waals surface area contributed by atoms with Crippen LogP contribution in [0.2, 0.25) is 0 Å². The van der Waals surface area contributed by atoms with Crippen LogP contribution in [0.4, 0.5) is 0 Å². The predicted molar refractivity (Wildman–Crippen MR) is 132 cm³/mol. The molecule has 2 aromatic rings. The molecule has 2 aliphatic heterocycles. The second kappa shape index (κ2) is 9.23. The Bertz CT molecular complexity index is 1060. The SMILES string of the molecule is COc1c2c(c(CN3CCN(C)CC3)c(OC)c1C(=O)c1ccccc1)OC1(C)CCCC1C2. The fraction of sp³-hybridized carbons (Fsp3) is 0.536. The maximum absolute atomic E-state index is 13.8. The number of hydrogen-bond donors (Lipinski definition) is 0. The third-order valence-corrected chi connectivity index (χ3v) is 8.07. The van der Waals surface area contributed by atoms with Gasteiger partial charge in [0.05, 0.1) is 19.8 Å². The Hall–Kier alpha value is -2.57. The van der Waals surface area contributed by atoms with Crippen molar-refractivity contribution in [1.29, 1.82) is 0 Å². The van der Waals surface area contributed by atoms with Crippen molar-refractivity contribution in [2.75, 3.05) is 47.4 Å². The molecule has 2 aromatic carbocycles. The monoisotopic (exact) mass is 464 g/mol. The molecule has 0 N–H and O–H groups in total. The molecule has 0 aromatic heterocycles. The first-order valence-electron chi connectivity index (χ1n) is 12.4. The van der Waals surface area contributed by atoms with Gasteiger partial charge in [0.25, 0.3) is 0 Å². The summed E-state index contributed by atoms with van der Waals surface area (Å²) in [5, 5.41) is 0. The van der Waals surface area contributed by atoms with Gasteiger partial charge in [0.1, 0.15) is 28.4 Å². The first-order chi connectivity index (χ1) is 16.4. The van der Waals surface area contributed by atoms with Crippen LogP contribution in [0.1, 0.15) is 53.2 Å². The molecule has 6 nitrogen and oxygen atoms in total. The highest BCUT2D eigenvalue weighted by atomic mass is 16.5. The topological polar surface area (TPSA) is 51.2 Å². The van der Waals surface area contributed by atoms with Crippen molar-refractivity contribution in [3.8, 4) is 17.2 Å². The van der Waals surface area contributed by atoms with Crippen LogP contribution in [0.3, 0.4) is 0 Å². The summed E-state index contributed by atoms with van der Waals surface area (Å²) in [7, 11) is 5.47. The van der Waals surface area contributed by atoms with Gasteiger partial charge in [-0.3, -0.25) is 9.69 Å². The Morgan fingerprint density at radius 1 is 1.09 bits per heavy atom. The van der Waals surface area contributed by atoms with Gasteiger partial charge >= 0.3 is 0 Å². The molecular formula is C28H36N2O4. The van der Waals surface area contributed by atoms with E-state index in [2.05, 4.69) is 23.8 Å². The summed E-state index contributed by atoms with van der Waals surface area (Å²) in [6.07, 6.45) is 4.23. The number of benzene rings is 2. The van der Waals surface area contributed by atoms with Crippen molar-refractivity contribution in [3.63, 3.8) is 0 Å². The molecule has 3 aliphatic rings. The van der Waals surface area contributed by atoms with E-state index in [1.54, 1.807) is 14.2 Å². The smallest absolute Gasteiger partial charge is 0.200 e. The average molecular weight is 465 g/mol. The van der Waals surface area contributed by atoms with Crippen molar-refractivity contribution in [1.82, 2.24) is 9.80 Å². The zero-order valence-corrected chi connectivity index (χ0v) is 20.9. The van der Waals surface area contributed by atoms with Crippen molar-refractivity contribution < 1.29 is 19.0 Å². The molecule has 6 heteroatoms. The number of fused-ring (bicyclic) bond motifs is 2. The normalized spacial score (nSPS) is 24.8. The van der Waals surface area contributed by atoms with E-state index in [1.807, 2.05) is 30.3 Å². The van der Waals surface area contributed by atoms with Crippen molar-refractivity contribution in [2.45, 2.75) is 44.8 Å². The van der Waals surface area contributed by atoms with Gasteiger partial charge in [-0.05, 0) is 39.7 Å². The standard InChI is InChI=1S/C28H36N2O4/c1-28-12-8-11-20(28)17-21-25(34-28)22(18-30-15-13-29(2)14-16-30)27(33-4)23(26(21)32-3)24(31)19-9-6-5-7-10-19/h5-7,9-10,20H,8,11-18H2,1-4H3. The summed E-state index contributed by atoms with van der Waals surface area (Å²) in [5.74, 6) is 2.42. The number of methoxy groups -OCH3 is 2. The molecule has 1 saturated heterocycles. The lowest BCUT2D eigenvalue weighted by atomic mass is 9.81. The molecule has 5 rings (SSSR count). The molecule has 0 bridgehead atoms. The number of hydrogen-bond acceptors (Lipinski definition) is 6. The van der Waals surface area contributed by atoms with Gasteiger partial charge in [0.15, 0.2) is 0 Å². The molecule has 2 unspecified atom stereocenters. The van der Waals surface area contributed by atoms with Crippen molar-refractivity contribution in [2.24, 2.45) is 5.92 Å². The van der Waals surface area contributed by atoms with Gasteiger partial charge in [-0.1, -0.05) is 30.3 Å². The van der Waals surface area contributed by atoms with Crippen LogP contribution < -0.4 is 14.2 Å². The molecule has 2 heterocycles. The van der Waals surface area contributed by atoms with Gasteiger partial charge in [-0.15, -0.1) is 0 Å². The Morgan fingerprint density at radius 3 is 2.47 bits per heavy atom. The van der Waals surface area contributed by atoms with Crippen LogP contribution in [-0.2, 0) is 13.0 Å². The molecule has 34 heavy (non-hydrogen) atoms. The quantitative estimate of drug-likeness (QED) is 0.598. The number of ether oxygens (including phenoxy) is 3. The summed E-state index contributed by atoms with van der Waals surface area (Å²) in [4.78, 5) is 18.6. The fourth-order valence-electron chi connectivity index (χ4n) is 6.01.